The van der Waals surface area contributed by atoms with Gasteiger partial charge in [-0.2, -0.15) is 0 Å². The van der Waals surface area contributed by atoms with Gasteiger partial charge in [0, 0.05) is 24.0 Å². The fraction of sp³-hybridized carbons (Fsp3) is 0.174. The average molecular weight is 435 g/mol. The van der Waals surface area contributed by atoms with Crippen LogP contribution < -0.4 is 5.32 Å². The van der Waals surface area contributed by atoms with E-state index in [4.69, 9.17) is 0 Å². The van der Waals surface area contributed by atoms with Gasteiger partial charge in [-0.1, -0.05) is 65.9 Å². The van der Waals surface area contributed by atoms with Crippen LogP contribution >= 0.6 is 23.1 Å². The number of nitrogens with one attached hydrogen (secondary N) is 1. The number of aryl methyl sites for hydroxylation is 1. The average Bonchev–Trinajstić information content (AvgIpc) is 3.39. The molecular formula is C23H22N4OS2. The van der Waals surface area contributed by atoms with E-state index in [-0.39, 0.29) is 5.91 Å². The number of hydrogen-bond acceptors (Lipinski definition) is 5. The molecule has 1 N–H and O–H groups in total. The number of carbonyl (C=O) groups is 1. The number of hydrogen-bond donors (Lipinski definition) is 1. The van der Waals surface area contributed by atoms with Gasteiger partial charge in [-0.05, 0) is 36.1 Å². The van der Waals surface area contributed by atoms with Crippen molar-refractivity contribution < 1.29 is 4.79 Å². The molecule has 152 valence electrons. The van der Waals surface area contributed by atoms with E-state index in [0.29, 0.717) is 0 Å². The maximum atomic E-state index is 13.2. The van der Waals surface area contributed by atoms with Crippen LogP contribution in [0.15, 0.2) is 77.3 Å². The van der Waals surface area contributed by atoms with Gasteiger partial charge in [0.1, 0.15) is 11.1 Å². The lowest BCUT2D eigenvalue weighted by atomic mass is 10.1. The summed E-state index contributed by atoms with van der Waals surface area (Å²) in [7, 11) is 1.95. The summed E-state index contributed by atoms with van der Waals surface area (Å²) in [6.45, 7) is 2.02. The molecule has 0 aliphatic heterocycles. The maximum absolute atomic E-state index is 13.2. The molecular weight excluding hydrogens is 412 g/mol. The summed E-state index contributed by atoms with van der Waals surface area (Å²) in [5.41, 5.74) is 2.86. The first-order valence-electron chi connectivity index (χ1n) is 9.60. The highest BCUT2D eigenvalue weighted by molar-refractivity contribution is 8.00. The quantitative estimate of drug-likeness (QED) is 0.404. The van der Waals surface area contributed by atoms with Gasteiger partial charge >= 0.3 is 0 Å². The molecule has 2 heterocycles. The predicted molar refractivity (Wildman–Crippen MR) is 123 cm³/mol. The number of anilines is 1. The van der Waals surface area contributed by atoms with Crippen molar-refractivity contribution in [3.63, 3.8) is 0 Å². The van der Waals surface area contributed by atoms with E-state index >= 15 is 0 Å². The Morgan fingerprint density at radius 3 is 2.53 bits per heavy atom. The second kappa shape index (κ2) is 9.28. The van der Waals surface area contributed by atoms with Crippen LogP contribution in [0.25, 0.3) is 0 Å². The molecule has 0 saturated carbocycles. The Kier molecular flexibility index (Phi) is 6.30. The van der Waals surface area contributed by atoms with Gasteiger partial charge in [0.2, 0.25) is 5.91 Å². The van der Waals surface area contributed by atoms with E-state index < -0.39 is 5.25 Å². The summed E-state index contributed by atoms with van der Waals surface area (Å²) in [5.74, 6) is 0.795. The molecule has 2 aromatic heterocycles. The molecule has 0 aliphatic carbocycles. The second-order valence-corrected chi connectivity index (χ2v) is 9.08. The van der Waals surface area contributed by atoms with Crippen LogP contribution in [0.2, 0.25) is 0 Å². The van der Waals surface area contributed by atoms with Gasteiger partial charge in [0.05, 0.1) is 0 Å². The lowest BCUT2D eigenvalue weighted by Crippen LogP contribution is -2.19. The van der Waals surface area contributed by atoms with E-state index in [1.165, 1.54) is 16.6 Å². The van der Waals surface area contributed by atoms with E-state index in [1.54, 1.807) is 11.3 Å². The van der Waals surface area contributed by atoms with Crippen molar-refractivity contribution >= 4 is 34.7 Å². The molecule has 4 rings (SSSR count). The summed E-state index contributed by atoms with van der Waals surface area (Å²) in [5, 5.41) is 14.1. The highest BCUT2D eigenvalue weighted by Crippen LogP contribution is 2.35. The summed E-state index contributed by atoms with van der Waals surface area (Å²) in [4.78, 5) is 14.4. The number of amides is 1. The van der Waals surface area contributed by atoms with E-state index in [2.05, 4.69) is 27.0 Å². The van der Waals surface area contributed by atoms with Crippen molar-refractivity contribution in [1.82, 2.24) is 14.8 Å². The fourth-order valence-corrected chi connectivity index (χ4v) is 4.74. The molecule has 4 aromatic rings. The number of thioether (sulfide) groups is 1. The summed E-state index contributed by atoms with van der Waals surface area (Å²) >= 11 is 3.11. The van der Waals surface area contributed by atoms with Crippen LogP contribution in [0.3, 0.4) is 0 Å². The first kappa shape index (κ1) is 20.4. The first-order chi connectivity index (χ1) is 14.6. The third-order valence-corrected chi connectivity index (χ3v) is 6.89. The normalized spacial score (nSPS) is 11.9. The predicted octanol–water partition coefficient (Wildman–Crippen LogP) is 5.25. The lowest BCUT2D eigenvalue weighted by molar-refractivity contribution is -0.115. The number of thiophene rings is 1. The SMILES string of the molecule is Cc1ccc(NC(=O)C(Sc2nnc(Cc3cccs3)n2C)c2ccccc2)cc1. The van der Waals surface area contributed by atoms with Crippen molar-refractivity contribution in [1.29, 1.82) is 0 Å². The van der Waals surface area contributed by atoms with Gasteiger partial charge in [0.15, 0.2) is 5.16 Å². The van der Waals surface area contributed by atoms with Crippen LogP contribution in [0.4, 0.5) is 5.69 Å². The van der Waals surface area contributed by atoms with Gasteiger partial charge < -0.3 is 9.88 Å². The van der Waals surface area contributed by atoms with Crippen molar-refractivity contribution in [3.8, 4) is 0 Å². The van der Waals surface area contributed by atoms with E-state index in [0.717, 1.165) is 34.2 Å². The van der Waals surface area contributed by atoms with Crippen LogP contribution in [-0.2, 0) is 18.3 Å². The number of benzene rings is 2. The molecule has 0 bridgehead atoms. The first-order valence-corrected chi connectivity index (χ1v) is 11.4. The maximum Gasteiger partial charge on any atom is 0.242 e. The molecule has 0 spiro atoms. The number of rotatable bonds is 7. The summed E-state index contributed by atoms with van der Waals surface area (Å²) < 4.78 is 1.97. The molecule has 1 atom stereocenters. The van der Waals surface area contributed by atoms with Crippen LogP contribution in [0.1, 0.15) is 27.1 Å². The highest BCUT2D eigenvalue weighted by atomic mass is 32.2. The molecule has 0 radical (unpaired) electrons. The molecule has 30 heavy (non-hydrogen) atoms. The van der Waals surface area contributed by atoms with Gasteiger partial charge in [-0.3, -0.25) is 4.79 Å². The highest BCUT2D eigenvalue weighted by Gasteiger charge is 2.25. The van der Waals surface area contributed by atoms with E-state index in [9.17, 15) is 4.79 Å². The zero-order chi connectivity index (χ0) is 20.9. The number of aromatic nitrogens is 3. The minimum atomic E-state index is -0.440. The Morgan fingerprint density at radius 1 is 1.07 bits per heavy atom. The Balaban J connectivity index is 1.57. The minimum Gasteiger partial charge on any atom is -0.325 e. The van der Waals surface area contributed by atoms with Crippen molar-refractivity contribution in [2.24, 2.45) is 7.05 Å². The zero-order valence-corrected chi connectivity index (χ0v) is 18.4. The topological polar surface area (TPSA) is 59.8 Å². The standard InChI is InChI=1S/C23H22N4OS2/c1-16-10-12-18(13-11-16)24-22(28)21(17-7-4-3-5-8-17)30-23-26-25-20(27(23)2)15-19-9-6-14-29-19/h3-14,21H,15H2,1-2H3,(H,24,28). The van der Waals surface area contributed by atoms with E-state index in [1.807, 2.05) is 79.2 Å². The number of carbonyl (C=O) groups excluding carboxylic acids is 1. The number of nitrogens with zero attached hydrogens (tertiary/aromatic N) is 3. The Bertz CT molecular complexity index is 1110. The Morgan fingerprint density at radius 2 is 1.83 bits per heavy atom. The molecule has 5 nitrogen and oxygen atoms in total. The third kappa shape index (κ3) is 4.80. The smallest absolute Gasteiger partial charge is 0.242 e. The zero-order valence-electron chi connectivity index (χ0n) is 16.8. The summed E-state index contributed by atoms with van der Waals surface area (Å²) in [6, 6.07) is 21.7. The van der Waals surface area contributed by atoms with Gasteiger partial charge in [0.25, 0.3) is 0 Å². The Labute approximate surface area is 184 Å². The van der Waals surface area contributed by atoms with Crippen molar-refractivity contribution in [2.75, 3.05) is 5.32 Å². The van der Waals surface area contributed by atoms with Gasteiger partial charge in [-0.25, -0.2) is 0 Å². The molecule has 1 unspecified atom stereocenters. The minimum absolute atomic E-state index is 0.0853. The molecule has 0 saturated heterocycles. The van der Waals surface area contributed by atoms with Crippen LogP contribution in [-0.4, -0.2) is 20.7 Å². The fourth-order valence-electron chi connectivity index (χ4n) is 3.02. The van der Waals surface area contributed by atoms with Gasteiger partial charge in [-0.15, -0.1) is 21.5 Å². The second-order valence-electron chi connectivity index (χ2n) is 6.98. The monoisotopic (exact) mass is 434 g/mol. The summed E-state index contributed by atoms with van der Waals surface area (Å²) in [6.07, 6.45) is 0.729. The molecule has 2 aromatic carbocycles. The molecule has 1 amide bonds. The Hall–Kier alpha value is -2.90. The molecule has 7 heteroatoms. The largest absolute Gasteiger partial charge is 0.325 e. The van der Waals surface area contributed by atoms with Crippen LogP contribution in [0, 0.1) is 6.92 Å². The lowest BCUT2D eigenvalue weighted by Gasteiger charge is -2.16. The third-order valence-electron chi connectivity index (χ3n) is 4.72. The molecule has 0 fully saturated rings. The van der Waals surface area contributed by atoms with Crippen molar-refractivity contribution in [3.05, 3.63) is 93.9 Å². The molecule has 0 aliphatic rings. The van der Waals surface area contributed by atoms with Crippen LogP contribution in [0.5, 0.6) is 0 Å². The van der Waals surface area contributed by atoms with Crippen molar-refractivity contribution in [2.45, 2.75) is 23.8 Å².